The molecular weight excluding hydrogens is 616 g/mol. The fourth-order valence-electron chi connectivity index (χ4n) is 5.49. The second-order valence-corrected chi connectivity index (χ2v) is 11.0. The van der Waals surface area contributed by atoms with Gasteiger partial charge < -0.3 is 20.4 Å². The third-order valence-electron chi connectivity index (χ3n) is 7.82. The molecular formula is C33H28F4N8O2. The number of hydrogen-bond acceptors (Lipinski definition) is 6. The average Bonchev–Trinajstić information content (AvgIpc) is 3.64. The van der Waals surface area contributed by atoms with Crippen molar-refractivity contribution in [3.63, 3.8) is 0 Å². The second-order valence-electron chi connectivity index (χ2n) is 11.0. The van der Waals surface area contributed by atoms with Gasteiger partial charge in [-0.05, 0) is 42.7 Å². The Morgan fingerprint density at radius 1 is 1.02 bits per heavy atom. The SMILES string of the molecule is Cc1c(N2CCN(C)C(=O)C2)c(C#Cc2cnc3c(Nc4cnn(C)c4)cccn23)c(NC(=O)c2ccccc2)c(F)c1C(F)(F)F. The van der Waals surface area contributed by atoms with Gasteiger partial charge in [0.1, 0.15) is 5.69 Å². The van der Waals surface area contributed by atoms with E-state index in [1.165, 1.54) is 28.1 Å². The smallest absolute Gasteiger partial charge is 0.359 e. The van der Waals surface area contributed by atoms with E-state index in [0.29, 0.717) is 17.0 Å². The molecule has 240 valence electrons. The number of rotatable bonds is 5. The number of aryl methyl sites for hydroxylation is 1. The number of benzene rings is 2. The number of aromatic nitrogens is 4. The molecule has 1 aliphatic heterocycles. The van der Waals surface area contributed by atoms with Gasteiger partial charge in [0.2, 0.25) is 5.91 Å². The minimum absolute atomic E-state index is 0.0937. The van der Waals surface area contributed by atoms with E-state index in [9.17, 15) is 22.8 Å². The van der Waals surface area contributed by atoms with Crippen molar-refractivity contribution in [2.24, 2.45) is 7.05 Å². The maximum absolute atomic E-state index is 16.1. The lowest BCUT2D eigenvalue weighted by atomic mass is 9.96. The van der Waals surface area contributed by atoms with Crippen molar-refractivity contribution in [2.45, 2.75) is 13.1 Å². The van der Waals surface area contributed by atoms with E-state index in [0.717, 1.165) is 12.6 Å². The van der Waals surface area contributed by atoms with Crippen LogP contribution >= 0.6 is 0 Å². The summed E-state index contributed by atoms with van der Waals surface area (Å²) in [5, 5.41) is 9.74. The number of likely N-dealkylation sites (N-methyl/N-ethyl adjacent to an activating group) is 1. The number of nitrogens with one attached hydrogen (secondary N) is 2. The number of amides is 2. The molecule has 2 N–H and O–H groups in total. The largest absolute Gasteiger partial charge is 0.419 e. The monoisotopic (exact) mass is 644 g/mol. The summed E-state index contributed by atoms with van der Waals surface area (Å²) < 4.78 is 62.7. The minimum Gasteiger partial charge on any atom is -0.359 e. The molecule has 1 saturated heterocycles. The van der Waals surface area contributed by atoms with Crippen molar-refractivity contribution in [1.82, 2.24) is 24.1 Å². The molecule has 47 heavy (non-hydrogen) atoms. The van der Waals surface area contributed by atoms with Crippen LogP contribution in [0.25, 0.3) is 5.65 Å². The van der Waals surface area contributed by atoms with Crippen LogP contribution in [0.15, 0.2) is 67.3 Å². The summed E-state index contributed by atoms with van der Waals surface area (Å²) in [4.78, 5) is 33.3. The van der Waals surface area contributed by atoms with E-state index >= 15 is 4.39 Å². The summed E-state index contributed by atoms with van der Waals surface area (Å²) in [5.74, 6) is 2.95. The van der Waals surface area contributed by atoms with E-state index in [4.69, 9.17) is 0 Å². The molecule has 6 rings (SSSR count). The van der Waals surface area contributed by atoms with E-state index in [2.05, 4.69) is 32.6 Å². The van der Waals surface area contributed by atoms with Crippen LogP contribution in [0.2, 0.25) is 0 Å². The zero-order valence-electron chi connectivity index (χ0n) is 25.5. The van der Waals surface area contributed by atoms with Crippen LogP contribution < -0.4 is 15.5 Å². The van der Waals surface area contributed by atoms with Gasteiger partial charge in [-0.15, -0.1) is 0 Å². The topological polar surface area (TPSA) is 99.8 Å². The van der Waals surface area contributed by atoms with Crippen LogP contribution in [0.3, 0.4) is 0 Å². The Morgan fingerprint density at radius 2 is 1.79 bits per heavy atom. The van der Waals surface area contributed by atoms with Crippen LogP contribution in [0.4, 0.5) is 40.3 Å². The third-order valence-corrected chi connectivity index (χ3v) is 7.82. The van der Waals surface area contributed by atoms with Gasteiger partial charge >= 0.3 is 6.18 Å². The molecule has 3 aromatic heterocycles. The van der Waals surface area contributed by atoms with Crippen LogP contribution in [-0.4, -0.2) is 62.6 Å². The highest BCUT2D eigenvalue weighted by Crippen LogP contribution is 2.44. The lowest BCUT2D eigenvalue weighted by Crippen LogP contribution is -2.49. The highest BCUT2D eigenvalue weighted by molar-refractivity contribution is 6.06. The molecule has 0 unspecified atom stereocenters. The molecule has 5 aromatic rings. The molecule has 2 aromatic carbocycles. The Kier molecular flexibility index (Phi) is 8.06. The number of halogens is 4. The lowest BCUT2D eigenvalue weighted by molar-refractivity contribution is -0.140. The maximum Gasteiger partial charge on any atom is 0.419 e. The molecule has 14 heteroatoms. The molecule has 4 heterocycles. The van der Waals surface area contributed by atoms with Crippen molar-refractivity contribution < 1.29 is 27.2 Å². The zero-order valence-corrected chi connectivity index (χ0v) is 25.5. The highest BCUT2D eigenvalue weighted by Gasteiger charge is 2.41. The molecule has 0 atom stereocenters. The summed E-state index contributed by atoms with van der Waals surface area (Å²) in [7, 11) is 3.37. The standard InChI is InChI=1S/C33H28F4N8O2/c1-20-27(33(35,36)37)28(34)29(41-32(47)21-8-5-4-6-9-21)24(30(20)44-15-14-42(2)26(46)19-44)12-11-23-17-38-31-25(10-7-13-45(23)31)40-22-16-39-43(3)18-22/h4-10,13,16-18,40H,14-15,19H2,1-3H3,(H,41,47). The highest BCUT2D eigenvalue weighted by atomic mass is 19.4. The fraction of sp³-hybridized carbons (Fsp3) is 0.212. The molecule has 0 radical (unpaired) electrons. The van der Waals surface area contributed by atoms with Crippen LogP contribution in [0.1, 0.15) is 32.7 Å². The number of carbonyl (C=O) groups is 2. The number of alkyl halides is 3. The second kappa shape index (κ2) is 12.2. The third kappa shape index (κ3) is 6.07. The number of nitrogens with zero attached hydrogens (tertiary/aromatic N) is 6. The maximum atomic E-state index is 16.1. The summed E-state index contributed by atoms with van der Waals surface area (Å²) >= 11 is 0. The number of pyridine rings is 1. The molecule has 0 saturated carbocycles. The van der Waals surface area contributed by atoms with E-state index in [-0.39, 0.29) is 42.4 Å². The summed E-state index contributed by atoms with van der Waals surface area (Å²) in [5.41, 5.74) is -0.728. The molecule has 1 fully saturated rings. The summed E-state index contributed by atoms with van der Waals surface area (Å²) in [6.07, 6.45) is 1.49. The normalized spacial score (nSPS) is 13.5. The predicted octanol–water partition coefficient (Wildman–Crippen LogP) is 5.21. The number of fused-ring (bicyclic) bond motifs is 1. The van der Waals surface area contributed by atoms with E-state index in [1.54, 1.807) is 72.1 Å². The number of carbonyl (C=O) groups excluding carboxylic acids is 2. The Morgan fingerprint density at radius 3 is 2.47 bits per heavy atom. The Bertz CT molecular complexity index is 2080. The molecule has 1 aliphatic rings. The first kappa shape index (κ1) is 31.2. The molecule has 0 bridgehead atoms. The first-order chi connectivity index (χ1) is 22.4. The Balaban J connectivity index is 1.53. The van der Waals surface area contributed by atoms with Crippen molar-refractivity contribution >= 4 is 40.2 Å². The van der Waals surface area contributed by atoms with E-state index < -0.39 is 34.7 Å². The number of hydrogen-bond donors (Lipinski definition) is 2. The summed E-state index contributed by atoms with van der Waals surface area (Å²) in [6, 6.07) is 11.3. The average molecular weight is 645 g/mol. The van der Waals surface area contributed by atoms with Crippen LogP contribution in [-0.2, 0) is 18.0 Å². The first-order valence-electron chi connectivity index (χ1n) is 14.4. The molecule has 0 aliphatic carbocycles. The van der Waals surface area contributed by atoms with E-state index in [1.807, 2.05) is 0 Å². The van der Waals surface area contributed by atoms with Crippen molar-refractivity contribution in [3.05, 3.63) is 101 Å². The number of anilines is 4. The summed E-state index contributed by atoms with van der Waals surface area (Å²) in [6.45, 7) is 1.25. The van der Waals surface area contributed by atoms with Gasteiger partial charge in [0.05, 0.1) is 52.8 Å². The molecule has 2 amide bonds. The Hall–Kier alpha value is -5.84. The first-order valence-corrected chi connectivity index (χ1v) is 14.4. The van der Waals surface area contributed by atoms with Crippen molar-refractivity contribution in [1.29, 1.82) is 0 Å². The zero-order chi connectivity index (χ0) is 33.5. The van der Waals surface area contributed by atoms with Crippen LogP contribution in [0, 0.1) is 24.6 Å². The fourth-order valence-corrected chi connectivity index (χ4v) is 5.49. The van der Waals surface area contributed by atoms with Gasteiger partial charge in [0.25, 0.3) is 5.91 Å². The molecule has 10 nitrogen and oxygen atoms in total. The van der Waals surface area contributed by atoms with Gasteiger partial charge in [-0.2, -0.15) is 18.3 Å². The van der Waals surface area contributed by atoms with Crippen molar-refractivity contribution in [3.8, 4) is 11.8 Å². The van der Waals surface area contributed by atoms with Gasteiger partial charge in [-0.25, -0.2) is 9.37 Å². The quantitative estimate of drug-likeness (QED) is 0.202. The van der Waals surface area contributed by atoms with Crippen molar-refractivity contribution in [2.75, 3.05) is 42.2 Å². The van der Waals surface area contributed by atoms with Gasteiger partial charge in [0.15, 0.2) is 11.5 Å². The number of imidazole rings is 1. The van der Waals surface area contributed by atoms with Gasteiger partial charge in [0, 0.05) is 45.1 Å². The minimum atomic E-state index is -5.11. The van der Waals surface area contributed by atoms with Gasteiger partial charge in [-0.1, -0.05) is 24.1 Å². The van der Waals surface area contributed by atoms with Gasteiger partial charge in [-0.3, -0.25) is 18.7 Å². The predicted molar refractivity (Wildman–Crippen MR) is 168 cm³/mol. The number of piperazine rings is 1. The van der Waals surface area contributed by atoms with Crippen LogP contribution in [0.5, 0.6) is 0 Å². The molecule has 0 spiro atoms. The Labute approximate surface area is 266 Å². The lowest BCUT2D eigenvalue weighted by Gasteiger charge is -2.36.